The molecule has 2 atom stereocenters. The van der Waals surface area contributed by atoms with Crippen LogP contribution in [0.5, 0.6) is 0 Å². The van der Waals surface area contributed by atoms with Gasteiger partial charge in [0, 0.05) is 18.8 Å². The van der Waals surface area contributed by atoms with Crippen molar-refractivity contribution in [3.05, 3.63) is 47.3 Å². The highest BCUT2D eigenvalue weighted by molar-refractivity contribution is 8.00. The smallest absolute Gasteiger partial charge is 0.233 e. The van der Waals surface area contributed by atoms with E-state index in [0.717, 1.165) is 48.1 Å². The highest BCUT2D eigenvalue weighted by Gasteiger charge is 2.23. The van der Waals surface area contributed by atoms with Crippen molar-refractivity contribution < 1.29 is 9.53 Å². The molecule has 140 valence electrons. The molecule has 1 N–H and O–H groups in total. The fourth-order valence-electron chi connectivity index (χ4n) is 3.06. The molecule has 1 aliphatic rings. The Morgan fingerprint density at radius 2 is 2.15 bits per heavy atom. The summed E-state index contributed by atoms with van der Waals surface area (Å²) in [6, 6.07) is 9.96. The van der Waals surface area contributed by atoms with Crippen molar-refractivity contribution in [1.29, 1.82) is 0 Å². The molecule has 1 aromatic carbocycles. The lowest BCUT2D eigenvalue weighted by molar-refractivity contribution is -0.120. The van der Waals surface area contributed by atoms with E-state index in [-0.39, 0.29) is 17.3 Å². The number of hydrogen-bond donors (Lipinski definition) is 1. The third kappa shape index (κ3) is 4.68. The monoisotopic (exact) mass is 373 g/mol. The van der Waals surface area contributed by atoms with E-state index in [0.29, 0.717) is 6.54 Å². The molecule has 1 aromatic heterocycles. The molecular weight excluding hydrogens is 346 g/mol. The highest BCUT2D eigenvalue weighted by Crippen LogP contribution is 2.27. The minimum Gasteiger partial charge on any atom is -0.376 e. The number of nitrogens with zero attached hydrogens (tertiary/aromatic N) is 2. The van der Waals surface area contributed by atoms with Crippen LogP contribution in [0.3, 0.4) is 0 Å². The number of nitrogens with one attached hydrogen (secondary N) is 1. The second kappa shape index (κ2) is 8.73. The Morgan fingerprint density at radius 3 is 2.85 bits per heavy atom. The molecule has 1 fully saturated rings. The van der Waals surface area contributed by atoms with Gasteiger partial charge in [-0.3, -0.25) is 4.79 Å². The van der Waals surface area contributed by atoms with E-state index in [1.54, 1.807) is 0 Å². The first kappa shape index (κ1) is 19.0. The van der Waals surface area contributed by atoms with E-state index >= 15 is 0 Å². The van der Waals surface area contributed by atoms with Crippen LogP contribution in [0.2, 0.25) is 0 Å². The third-order valence-electron chi connectivity index (χ3n) is 4.79. The van der Waals surface area contributed by atoms with Gasteiger partial charge in [0.1, 0.15) is 0 Å². The summed E-state index contributed by atoms with van der Waals surface area (Å²) < 4.78 is 7.98. The maximum atomic E-state index is 12.5. The van der Waals surface area contributed by atoms with Crippen molar-refractivity contribution in [3.63, 3.8) is 0 Å². The van der Waals surface area contributed by atoms with Gasteiger partial charge < -0.3 is 14.6 Å². The number of rotatable bonds is 7. The van der Waals surface area contributed by atoms with Gasteiger partial charge in [-0.25, -0.2) is 4.98 Å². The van der Waals surface area contributed by atoms with Gasteiger partial charge in [-0.1, -0.05) is 42.1 Å². The number of ether oxygens (including phenoxy) is 1. The first-order valence-electron chi connectivity index (χ1n) is 9.18. The van der Waals surface area contributed by atoms with Gasteiger partial charge in [0.2, 0.25) is 5.91 Å². The van der Waals surface area contributed by atoms with E-state index < -0.39 is 0 Å². The molecule has 2 unspecified atom stereocenters. The molecule has 6 heteroatoms. The Morgan fingerprint density at radius 1 is 1.38 bits per heavy atom. The quantitative estimate of drug-likeness (QED) is 0.755. The first-order chi connectivity index (χ1) is 12.5. The first-order valence-corrected chi connectivity index (χ1v) is 10.1. The lowest BCUT2D eigenvalue weighted by Gasteiger charge is -2.16. The van der Waals surface area contributed by atoms with Crippen LogP contribution in [0, 0.1) is 13.8 Å². The van der Waals surface area contributed by atoms with Crippen molar-refractivity contribution in [2.24, 2.45) is 0 Å². The number of carbonyl (C=O) groups excluding carboxylic acids is 1. The van der Waals surface area contributed by atoms with Gasteiger partial charge in [-0.05, 0) is 39.2 Å². The summed E-state index contributed by atoms with van der Waals surface area (Å²) in [6.45, 7) is 8.24. The second-order valence-electron chi connectivity index (χ2n) is 6.77. The van der Waals surface area contributed by atoms with E-state index in [9.17, 15) is 4.79 Å². The van der Waals surface area contributed by atoms with Gasteiger partial charge in [0.25, 0.3) is 0 Å². The normalized spacial score (nSPS) is 18.0. The van der Waals surface area contributed by atoms with Crippen LogP contribution in [0.1, 0.15) is 36.7 Å². The zero-order chi connectivity index (χ0) is 18.5. The summed E-state index contributed by atoms with van der Waals surface area (Å²) in [5.41, 5.74) is 3.27. The lowest BCUT2D eigenvalue weighted by atomic mass is 10.2. The van der Waals surface area contributed by atoms with Crippen molar-refractivity contribution in [3.8, 4) is 0 Å². The third-order valence-corrected chi connectivity index (χ3v) is 5.88. The molecule has 0 spiro atoms. The Kier molecular flexibility index (Phi) is 6.38. The van der Waals surface area contributed by atoms with Crippen LogP contribution in [0.15, 0.2) is 35.5 Å². The van der Waals surface area contributed by atoms with Crippen molar-refractivity contribution in [2.75, 3.05) is 6.61 Å². The number of imidazole rings is 1. The van der Waals surface area contributed by atoms with Gasteiger partial charge in [-0.15, -0.1) is 0 Å². The largest absolute Gasteiger partial charge is 0.376 e. The summed E-state index contributed by atoms with van der Waals surface area (Å²) in [5, 5.41) is 3.71. The summed E-state index contributed by atoms with van der Waals surface area (Å²) >= 11 is 1.52. The van der Waals surface area contributed by atoms with Gasteiger partial charge in [-0.2, -0.15) is 0 Å². The van der Waals surface area contributed by atoms with E-state index in [4.69, 9.17) is 4.74 Å². The summed E-state index contributed by atoms with van der Waals surface area (Å²) in [7, 11) is 0. The average molecular weight is 374 g/mol. The highest BCUT2D eigenvalue weighted by atomic mass is 32.2. The molecule has 2 aromatic rings. The molecule has 2 heterocycles. The number of thioether (sulfide) groups is 1. The fourth-order valence-corrected chi connectivity index (χ4v) is 4.10. The van der Waals surface area contributed by atoms with Crippen molar-refractivity contribution in [2.45, 2.75) is 63.2 Å². The Balaban J connectivity index is 1.61. The summed E-state index contributed by atoms with van der Waals surface area (Å²) in [6.07, 6.45) is 2.47. The van der Waals surface area contributed by atoms with Crippen LogP contribution in [0.4, 0.5) is 0 Å². The SMILES string of the molecule is Cc1nc(SC(C)C(=O)NCc2ccccc2)n(CC2CCCO2)c1C. The Hall–Kier alpha value is -1.79. The Bertz CT molecular complexity index is 739. The van der Waals surface area contributed by atoms with Gasteiger partial charge in [0.15, 0.2) is 5.16 Å². The zero-order valence-electron chi connectivity index (χ0n) is 15.7. The maximum Gasteiger partial charge on any atom is 0.233 e. The predicted octanol–water partition coefficient (Wildman–Crippen LogP) is 3.48. The van der Waals surface area contributed by atoms with Crippen LogP contribution in [-0.2, 0) is 22.6 Å². The molecule has 5 nitrogen and oxygen atoms in total. The lowest BCUT2D eigenvalue weighted by Crippen LogP contribution is -2.30. The fraction of sp³-hybridized carbons (Fsp3) is 0.500. The molecule has 1 amide bonds. The number of aryl methyl sites for hydroxylation is 1. The number of aromatic nitrogens is 2. The van der Waals surface area contributed by atoms with Gasteiger partial charge >= 0.3 is 0 Å². The van der Waals surface area contributed by atoms with Crippen LogP contribution < -0.4 is 5.32 Å². The number of amides is 1. The predicted molar refractivity (Wildman–Crippen MR) is 104 cm³/mol. The molecular formula is C20H27N3O2S. The zero-order valence-corrected chi connectivity index (χ0v) is 16.5. The average Bonchev–Trinajstić information content (AvgIpc) is 3.25. The minimum absolute atomic E-state index is 0.0285. The molecule has 1 aliphatic heterocycles. The van der Waals surface area contributed by atoms with E-state index in [1.165, 1.54) is 11.8 Å². The second-order valence-corrected chi connectivity index (χ2v) is 8.08. The van der Waals surface area contributed by atoms with Crippen molar-refractivity contribution >= 4 is 17.7 Å². The molecule has 0 bridgehead atoms. The van der Waals surface area contributed by atoms with Crippen LogP contribution in [-0.4, -0.2) is 33.4 Å². The molecule has 0 aliphatic carbocycles. The molecule has 26 heavy (non-hydrogen) atoms. The standard InChI is InChI=1S/C20H27N3O2S/c1-14-15(2)23(13-18-10-7-11-25-18)20(22-14)26-16(3)19(24)21-12-17-8-5-4-6-9-17/h4-6,8-9,16,18H,7,10-13H2,1-3H3,(H,21,24). The molecule has 0 radical (unpaired) electrons. The molecule has 1 saturated heterocycles. The van der Waals surface area contributed by atoms with Crippen LogP contribution >= 0.6 is 11.8 Å². The van der Waals surface area contributed by atoms with E-state index in [1.807, 2.05) is 44.2 Å². The van der Waals surface area contributed by atoms with E-state index in [2.05, 4.69) is 21.8 Å². The Labute approximate surface area is 159 Å². The number of hydrogen-bond acceptors (Lipinski definition) is 4. The topological polar surface area (TPSA) is 56.2 Å². The van der Waals surface area contributed by atoms with Crippen molar-refractivity contribution in [1.82, 2.24) is 14.9 Å². The summed E-state index contributed by atoms with van der Waals surface area (Å²) in [4.78, 5) is 17.2. The minimum atomic E-state index is -0.205. The molecule has 3 rings (SSSR count). The maximum absolute atomic E-state index is 12.5. The van der Waals surface area contributed by atoms with Gasteiger partial charge in [0.05, 0.1) is 23.6 Å². The summed E-state index contributed by atoms with van der Waals surface area (Å²) in [5.74, 6) is 0.0285. The number of benzene rings is 1. The molecule has 0 saturated carbocycles. The number of carbonyl (C=O) groups is 1. The van der Waals surface area contributed by atoms with Crippen LogP contribution in [0.25, 0.3) is 0 Å².